The van der Waals surface area contributed by atoms with E-state index in [1.807, 2.05) is 17.6 Å². The normalized spacial score (nSPS) is 11.0. The van der Waals surface area contributed by atoms with Gasteiger partial charge < -0.3 is 16.0 Å². The summed E-state index contributed by atoms with van der Waals surface area (Å²) in [5.41, 5.74) is 13.7. The number of primary amides is 1. The fourth-order valence-electron chi connectivity index (χ4n) is 2.03. The summed E-state index contributed by atoms with van der Waals surface area (Å²) in [6.07, 6.45) is 0.968. The maximum atomic E-state index is 10.7. The molecule has 0 bridgehead atoms. The van der Waals surface area contributed by atoms with Crippen LogP contribution < -0.4 is 11.5 Å². The smallest absolute Gasteiger partial charge is 0.217 e. The zero-order valence-corrected chi connectivity index (χ0v) is 10.9. The Bertz CT molecular complexity index is 606. The predicted octanol–water partition coefficient (Wildman–Crippen LogP) is 1.85. The zero-order chi connectivity index (χ0) is 13.3. The van der Waals surface area contributed by atoms with Gasteiger partial charge in [0.1, 0.15) is 0 Å². The summed E-state index contributed by atoms with van der Waals surface area (Å²) in [6, 6.07) is 3.64. The number of nitrogen functional groups attached to an aromatic ring is 1. The summed E-state index contributed by atoms with van der Waals surface area (Å²) in [4.78, 5) is 15.0. The van der Waals surface area contributed by atoms with Gasteiger partial charge >= 0.3 is 0 Å². The van der Waals surface area contributed by atoms with Gasteiger partial charge in [0.2, 0.25) is 11.9 Å². The molecule has 0 saturated heterocycles. The van der Waals surface area contributed by atoms with E-state index in [1.54, 1.807) is 6.07 Å². The molecule has 4 N–H and O–H groups in total. The third kappa shape index (κ3) is 2.26. The first-order valence-corrected chi connectivity index (χ1v) is 6.07. The van der Waals surface area contributed by atoms with Crippen LogP contribution in [0.3, 0.4) is 0 Å². The van der Waals surface area contributed by atoms with Crippen LogP contribution >= 0.6 is 11.6 Å². The van der Waals surface area contributed by atoms with E-state index in [9.17, 15) is 4.79 Å². The minimum Gasteiger partial charge on any atom is -0.370 e. The lowest BCUT2D eigenvalue weighted by atomic mass is 10.2. The van der Waals surface area contributed by atoms with Crippen molar-refractivity contribution in [3.05, 3.63) is 22.7 Å². The highest BCUT2D eigenvalue weighted by atomic mass is 35.5. The summed E-state index contributed by atoms with van der Waals surface area (Å²) in [5, 5.41) is 0.679. The molecule has 2 rings (SSSR count). The van der Waals surface area contributed by atoms with Crippen LogP contribution in [0.25, 0.3) is 11.0 Å². The Balaban J connectivity index is 2.39. The second-order valence-electron chi connectivity index (χ2n) is 4.23. The number of imidazole rings is 1. The number of carbonyl (C=O) groups is 1. The number of rotatable bonds is 4. The fraction of sp³-hybridized carbons (Fsp3) is 0.333. The molecule has 0 radical (unpaired) electrons. The van der Waals surface area contributed by atoms with Crippen LogP contribution in [0.15, 0.2) is 12.1 Å². The number of benzene rings is 1. The Morgan fingerprint density at radius 3 is 2.89 bits per heavy atom. The molecule has 0 unspecified atom stereocenters. The maximum Gasteiger partial charge on any atom is 0.217 e. The summed E-state index contributed by atoms with van der Waals surface area (Å²) in [5.74, 6) is 0.118. The lowest BCUT2D eigenvalue weighted by Gasteiger charge is -2.08. The topological polar surface area (TPSA) is 86.9 Å². The molecular formula is C12H15ClN4O. The molecule has 1 aromatic heterocycles. The first kappa shape index (κ1) is 12.7. The summed E-state index contributed by atoms with van der Waals surface area (Å²) >= 11 is 6.10. The quantitative estimate of drug-likeness (QED) is 0.885. The van der Waals surface area contributed by atoms with E-state index >= 15 is 0 Å². The van der Waals surface area contributed by atoms with Crippen molar-refractivity contribution >= 4 is 34.5 Å². The van der Waals surface area contributed by atoms with Crippen molar-refractivity contribution in [3.8, 4) is 0 Å². The van der Waals surface area contributed by atoms with E-state index in [0.717, 1.165) is 16.6 Å². The van der Waals surface area contributed by atoms with Gasteiger partial charge in [0.25, 0.3) is 0 Å². The number of carbonyl (C=O) groups excluding carboxylic acids is 1. The Hall–Kier alpha value is -1.75. The standard InChI is InChI=1S/C12H15ClN4O/c1-7-8(13)4-5-9-11(7)17(12(15)16-9)6-2-3-10(14)18/h4-5H,2-3,6H2,1H3,(H2,14,18)(H2,15,16). The lowest BCUT2D eigenvalue weighted by Crippen LogP contribution is -2.12. The van der Waals surface area contributed by atoms with Crippen LogP contribution in [0, 0.1) is 6.92 Å². The van der Waals surface area contributed by atoms with E-state index < -0.39 is 0 Å². The average Bonchev–Trinajstić information content (AvgIpc) is 2.61. The molecule has 6 heteroatoms. The van der Waals surface area contributed by atoms with Gasteiger partial charge in [-0.15, -0.1) is 0 Å². The van der Waals surface area contributed by atoms with E-state index in [-0.39, 0.29) is 5.91 Å². The third-order valence-corrected chi connectivity index (χ3v) is 3.34. The van der Waals surface area contributed by atoms with Gasteiger partial charge in [0.15, 0.2) is 0 Å². The summed E-state index contributed by atoms with van der Waals surface area (Å²) in [6.45, 7) is 2.53. The average molecular weight is 267 g/mol. The van der Waals surface area contributed by atoms with Crippen LogP contribution in [0.5, 0.6) is 0 Å². The number of nitrogens with zero attached hydrogens (tertiary/aromatic N) is 2. The van der Waals surface area contributed by atoms with Gasteiger partial charge in [0.05, 0.1) is 11.0 Å². The van der Waals surface area contributed by atoms with Crippen molar-refractivity contribution in [1.82, 2.24) is 9.55 Å². The molecule has 0 aliphatic heterocycles. The number of amides is 1. The van der Waals surface area contributed by atoms with Crippen molar-refractivity contribution in [3.63, 3.8) is 0 Å². The van der Waals surface area contributed by atoms with Crippen molar-refractivity contribution < 1.29 is 4.79 Å². The van der Waals surface area contributed by atoms with Crippen LogP contribution in [0.4, 0.5) is 5.95 Å². The molecule has 1 heterocycles. The molecule has 0 saturated carbocycles. The monoisotopic (exact) mass is 266 g/mol. The van der Waals surface area contributed by atoms with Crippen molar-refractivity contribution in [2.24, 2.45) is 5.73 Å². The Kier molecular flexibility index (Phi) is 3.43. The molecule has 2 aromatic rings. The second-order valence-corrected chi connectivity index (χ2v) is 4.64. The van der Waals surface area contributed by atoms with Gasteiger partial charge in [-0.2, -0.15) is 0 Å². The highest BCUT2D eigenvalue weighted by molar-refractivity contribution is 6.32. The zero-order valence-electron chi connectivity index (χ0n) is 10.1. The minimum absolute atomic E-state index is 0.312. The molecule has 1 aromatic carbocycles. The lowest BCUT2D eigenvalue weighted by molar-refractivity contribution is -0.118. The first-order valence-electron chi connectivity index (χ1n) is 5.70. The van der Waals surface area contributed by atoms with E-state index in [0.29, 0.717) is 30.4 Å². The predicted molar refractivity (Wildman–Crippen MR) is 72.3 cm³/mol. The molecule has 0 spiro atoms. The molecule has 0 aliphatic rings. The number of hydrogen-bond donors (Lipinski definition) is 2. The minimum atomic E-state index is -0.312. The van der Waals surface area contributed by atoms with Gasteiger partial charge in [-0.3, -0.25) is 4.79 Å². The van der Waals surface area contributed by atoms with Crippen molar-refractivity contribution in [2.45, 2.75) is 26.3 Å². The maximum absolute atomic E-state index is 10.7. The Morgan fingerprint density at radius 1 is 1.50 bits per heavy atom. The van der Waals surface area contributed by atoms with Gasteiger partial charge in [0, 0.05) is 18.0 Å². The highest BCUT2D eigenvalue weighted by Crippen LogP contribution is 2.27. The Labute approximate surface area is 110 Å². The number of halogens is 1. The second kappa shape index (κ2) is 4.86. The van der Waals surface area contributed by atoms with E-state index in [1.165, 1.54) is 0 Å². The van der Waals surface area contributed by atoms with Crippen LogP contribution in [0.2, 0.25) is 5.02 Å². The molecule has 18 heavy (non-hydrogen) atoms. The summed E-state index contributed by atoms with van der Waals surface area (Å²) in [7, 11) is 0. The van der Waals surface area contributed by atoms with Crippen molar-refractivity contribution in [2.75, 3.05) is 5.73 Å². The Morgan fingerprint density at radius 2 is 2.22 bits per heavy atom. The molecule has 1 amide bonds. The fourth-order valence-corrected chi connectivity index (χ4v) is 2.18. The molecule has 0 aliphatic carbocycles. The van der Waals surface area contributed by atoms with Gasteiger partial charge in [-0.25, -0.2) is 4.98 Å². The largest absolute Gasteiger partial charge is 0.370 e. The van der Waals surface area contributed by atoms with Crippen LogP contribution in [-0.4, -0.2) is 15.5 Å². The number of nitrogens with two attached hydrogens (primary N) is 2. The number of fused-ring (bicyclic) bond motifs is 1. The summed E-state index contributed by atoms with van der Waals surface area (Å²) < 4.78 is 1.87. The highest BCUT2D eigenvalue weighted by Gasteiger charge is 2.12. The van der Waals surface area contributed by atoms with E-state index in [4.69, 9.17) is 23.1 Å². The first-order chi connectivity index (χ1) is 8.50. The van der Waals surface area contributed by atoms with E-state index in [2.05, 4.69) is 4.98 Å². The molecule has 0 atom stereocenters. The molecule has 0 fully saturated rings. The van der Waals surface area contributed by atoms with Gasteiger partial charge in [-0.05, 0) is 31.0 Å². The SMILES string of the molecule is Cc1c(Cl)ccc2nc(N)n(CCCC(N)=O)c12. The number of aryl methyl sites for hydroxylation is 2. The number of hydrogen-bond acceptors (Lipinski definition) is 3. The van der Waals surface area contributed by atoms with Crippen LogP contribution in [0.1, 0.15) is 18.4 Å². The number of anilines is 1. The van der Waals surface area contributed by atoms with Crippen LogP contribution in [-0.2, 0) is 11.3 Å². The third-order valence-electron chi connectivity index (χ3n) is 2.93. The van der Waals surface area contributed by atoms with Gasteiger partial charge in [-0.1, -0.05) is 11.6 Å². The van der Waals surface area contributed by atoms with Crippen molar-refractivity contribution in [1.29, 1.82) is 0 Å². The molecular weight excluding hydrogens is 252 g/mol. The molecule has 96 valence electrons. The number of aromatic nitrogens is 2. The molecule has 5 nitrogen and oxygen atoms in total.